The van der Waals surface area contributed by atoms with Crippen molar-refractivity contribution in [2.75, 3.05) is 19.5 Å². The molecule has 9 heteroatoms. The molecule has 0 amide bonds. The molecule has 26 heavy (non-hydrogen) atoms. The Morgan fingerprint density at radius 1 is 1.00 bits per heavy atom. The number of methoxy groups -OCH3 is 2. The lowest BCUT2D eigenvalue weighted by Crippen LogP contribution is -2.13. The summed E-state index contributed by atoms with van der Waals surface area (Å²) >= 11 is 3.32. The molecule has 0 aliphatic rings. The Hall–Kier alpha value is -2.55. The summed E-state index contributed by atoms with van der Waals surface area (Å²) in [6, 6.07) is 9.92. The molecule has 0 saturated heterocycles. The molecule has 0 bridgehead atoms. The first-order valence-corrected chi connectivity index (χ1v) is 8.14. The van der Waals surface area contributed by atoms with Gasteiger partial charge in [-0.15, -0.1) is 0 Å². The quantitative estimate of drug-likeness (QED) is 0.622. The van der Waals surface area contributed by atoms with Crippen molar-refractivity contribution in [2.45, 2.75) is 6.18 Å². The number of rotatable bonds is 4. The maximum Gasteiger partial charge on any atom is 0.451 e. The van der Waals surface area contributed by atoms with Crippen LogP contribution in [0, 0.1) is 0 Å². The van der Waals surface area contributed by atoms with Crippen LogP contribution >= 0.6 is 15.9 Å². The Morgan fingerprint density at radius 3 is 2.31 bits per heavy atom. The fourth-order valence-electron chi connectivity index (χ4n) is 2.38. The van der Waals surface area contributed by atoms with Crippen LogP contribution in [0.15, 0.2) is 40.9 Å². The van der Waals surface area contributed by atoms with E-state index in [2.05, 4.69) is 31.2 Å². The highest BCUT2D eigenvalue weighted by molar-refractivity contribution is 9.10. The number of halogens is 4. The van der Waals surface area contributed by atoms with Crippen LogP contribution in [0.4, 0.5) is 24.7 Å². The number of alkyl halides is 3. The van der Waals surface area contributed by atoms with E-state index in [1.807, 2.05) is 0 Å². The van der Waals surface area contributed by atoms with Gasteiger partial charge in [0.15, 0.2) is 11.5 Å². The molecule has 0 aliphatic heterocycles. The van der Waals surface area contributed by atoms with Gasteiger partial charge in [-0.2, -0.15) is 13.2 Å². The molecule has 0 saturated carbocycles. The summed E-state index contributed by atoms with van der Waals surface area (Å²) in [6.07, 6.45) is -4.69. The number of benzene rings is 2. The molecule has 0 radical (unpaired) electrons. The Balaban J connectivity index is 2.23. The minimum absolute atomic E-state index is 0.0152. The van der Waals surface area contributed by atoms with E-state index in [1.54, 1.807) is 24.3 Å². The van der Waals surface area contributed by atoms with Gasteiger partial charge in [0.1, 0.15) is 5.82 Å². The topological polar surface area (TPSA) is 56.3 Å². The monoisotopic (exact) mass is 427 g/mol. The lowest BCUT2D eigenvalue weighted by atomic mass is 10.2. The van der Waals surface area contributed by atoms with E-state index in [9.17, 15) is 13.2 Å². The third kappa shape index (κ3) is 3.67. The zero-order valence-electron chi connectivity index (χ0n) is 13.7. The van der Waals surface area contributed by atoms with Crippen LogP contribution in [0.2, 0.25) is 0 Å². The Morgan fingerprint density at radius 2 is 1.69 bits per heavy atom. The smallest absolute Gasteiger partial charge is 0.451 e. The summed E-state index contributed by atoms with van der Waals surface area (Å²) in [5.41, 5.74) is 0.657. The van der Waals surface area contributed by atoms with E-state index in [0.717, 1.165) is 4.47 Å². The molecule has 0 unspecified atom stereocenters. The fourth-order valence-corrected chi connectivity index (χ4v) is 2.78. The van der Waals surface area contributed by atoms with E-state index in [0.29, 0.717) is 16.8 Å². The number of fused-ring (bicyclic) bond motifs is 1. The number of aromatic nitrogens is 2. The molecule has 136 valence electrons. The number of hydrogen-bond acceptors (Lipinski definition) is 5. The number of anilines is 2. The highest BCUT2D eigenvalue weighted by Gasteiger charge is 2.35. The van der Waals surface area contributed by atoms with Gasteiger partial charge in [0, 0.05) is 21.6 Å². The molecule has 1 heterocycles. The molecule has 0 atom stereocenters. The number of ether oxygens (including phenoxy) is 2. The fraction of sp³-hybridized carbons (Fsp3) is 0.176. The molecular weight excluding hydrogens is 415 g/mol. The standard InChI is InChI=1S/C17H13BrF3N3O2/c1-25-13-7-11-12(8-14(13)26-2)23-16(17(19,20)21)24-15(11)22-10-5-3-4-9(18)6-10/h3-8H,1-2H3,(H,22,23,24). The predicted octanol–water partition coefficient (Wildman–Crippen LogP) is 5.17. The van der Waals surface area contributed by atoms with E-state index in [1.165, 1.54) is 26.4 Å². The normalized spacial score (nSPS) is 11.5. The minimum atomic E-state index is -4.69. The molecule has 1 N–H and O–H groups in total. The number of nitrogens with one attached hydrogen (secondary N) is 1. The first-order valence-electron chi connectivity index (χ1n) is 7.35. The molecule has 3 aromatic rings. The van der Waals surface area contributed by atoms with Crippen molar-refractivity contribution >= 4 is 38.3 Å². The van der Waals surface area contributed by atoms with E-state index >= 15 is 0 Å². The number of hydrogen-bond donors (Lipinski definition) is 1. The third-order valence-electron chi connectivity index (χ3n) is 3.54. The summed E-state index contributed by atoms with van der Waals surface area (Å²) in [5.74, 6) is -0.586. The Bertz CT molecular complexity index is 964. The van der Waals surface area contributed by atoms with Gasteiger partial charge < -0.3 is 14.8 Å². The molecular formula is C17H13BrF3N3O2. The second-order valence-electron chi connectivity index (χ2n) is 5.25. The summed E-state index contributed by atoms with van der Waals surface area (Å²) in [5, 5.41) is 3.28. The third-order valence-corrected chi connectivity index (χ3v) is 4.04. The van der Waals surface area contributed by atoms with Crippen molar-refractivity contribution in [2.24, 2.45) is 0 Å². The van der Waals surface area contributed by atoms with Crippen molar-refractivity contribution in [1.82, 2.24) is 9.97 Å². The van der Waals surface area contributed by atoms with Crippen LogP contribution in [0.25, 0.3) is 10.9 Å². The molecule has 0 spiro atoms. The number of nitrogens with zero attached hydrogens (tertiary/aromatic N) is 2. The van der Waals surface area contributed by atoms with Crippen molar-refractivity contribution in [3.63, 3.8) is 0 Å². The summed E-state index contributed by atoms with van der Waals surface area (Å²) in [6.45, 7) is 0. The van der Waals surface area contributed by atoms with Gasteiger partial charge in [-0.05, 0) is 24.3 Å². The van der Waals surface area contributed by atoms with Gasteiger partial charge in [-0.3, -0.25) is 0 Å². The van der Waals surface area contributed by atoms with Crippen LogP contribution in [-0.4, -0.2) is 24.2 Å². The van der Waals surface area contributed by atoms with Gasteiger partial charge >= 0.3 is 6.18 Å². The summed E-state index contributed by atoms with van der Waals surface area (Å²) in [4.78, 5) is 7.30. The maximum atomic E-state index is 13.2. The van der Waals surface area contributed by atoms with Crippen molar-refractivity contribution < 1.29 is 22.6 Å². The van der Waals surface area contributed by atoms with E-state index in [4.69, 9.17) is 9.47 Å². The first kappa shape index (κ1) is 18.2. The van der Waals surface area contributed by atoms with Gasteiger partial charge in [0.25, 0.3) is 0 Å². The Labute approximate surface area is 155 Å². The van der Waals surface area contributed by atoms with Gasteiger partial charge in [0.2, 0.25) is 5.82 Å². The van der Waals surface area contributed by atoms with Gasteiger partial charge in [-0.1, -0.05) is 22.0 Å². The molecule has 0 aliphatic carbocycles. The SMILES string of the molecule is COc1cc2nc(C(F)(F)F)nc(Nc3cccc(Br)c3)c2cc1OC. The first-order chi connectivity index (χ1) is 12.3. The van der Waals surface area contributed by atoms with E-state index < -0.39 is 12.0 Å². The van der Waals surface area contributed by atoms with Crippen LogP contribution in [0.1, 0.15) is 5.82 Å². The predicted molar refractivity (Wildman–Crippen MR) is 95.1 cm³/mol. The van der Waals surface area contributed by atoms with Crippen LogP contribution in [-0.2, 0) is 6.18 Å². The maximum absolute atomic E-state index is 13.2. The summed E-state index contributed by atoms with van der Waals surface area (Å²) < 4.78 is 50.8. The van der Waals surface area contributed by atoms with Gasteiger partial charge in [0.05, 0.1) is 19.7 Å². The lowest BCUT2D eigenvalue weighted by molar-refractivity contribution is -0.144. The summed E-state index contributed by atoms with van der Waals surface area (Å²) in [7, 11) is 2.84. The van der Waals surface area contributed by atoms with Gasteiger partial charge in [-0.25, -0.2) is 9.97 Å². The van der Waals surface area contributed by atoms with Crippen LogP contribution in [0.5, 0.6) is 11.5 Å². The van der Waals surface area contributed by atoms with Crippen molar-refractivity contribution in [1.29, 1.82) is 0 Å². The Kier molecular flexibility index (Phi) is 4.90. The van der Waals surface area contributed by atoms with Crippen LogP contribution < -0.4 is 14.8 Å². The lowest BCUT2D eigenvalue weighted by Gasteiger charge is -2.15. The minimum Gasteiger partial charge on any atom is -0.493 e. The average Bonchev–Trinajstić information content (AvgIpc) is 2.59. The highest BCUT2D eigenvalue weighted by atomic mass is 79.9. The van der Waals surface area contributed by atoms with E-state index in [-0.39, 0.29) is 17.1 Å². The zero-order chi connectivity index (χ0) is 18.9. The highest BCUT2D eigenvalue weighted by Crippen LogP contribution is 2.37. The molecule has 2 aromatic carbocycles. The van der Waals surface area contributed by atoms with Crippen LogP contribution in [0.3, 0.4) is 0 Å². The zero-order valence-corrected chi connectivity index (χ0v) is 15.3. The average molecular weight is 428 g/mol. The molecule has 3 rings (SSSR count). The molecule has 1 aromatic heterocycles. The second kappa shape index (κ2) is 6.99. The molecule has 0 fully saturated rings. The van der Waals surface area contributed by atoms with Crippen molar-refractivity contribution in [3.8, 4) is 11.5 Å². The second-order valence-corrected chi connectivity index (χ2v) is 6.17. The largest absolute Gasteiger partial charge is 0.493 e. The molecule has 5 nitrogen and oxygen atoms in total. The van der Waals surface area contributed by atoms with Crippen molar-refractivity contribution in [3.05, 3.63) is 46.7 Å².